The molecule has 4 nitrogen and oxygen atoms in total. The Morgan fingerprint density at radius 2 is 2.24 bits per heavy atom. The smallest absolute Gasteiger partial charge is 0.229 e. The van der Waals surface area contributed by atoms with Crippen LogP contribution in [0.15, 0.2) is 22.7 Å². The summed E-state index contributed by atoms with van der Waals surface area (Å²) in [6.07, 6.45) is 4.50. The lowest BCUT2D eigenvalue weighted by molar-refractivity contribution is 0.297. The number of hydrogen-bond donors (Lipinski definition) is 1. The summed E-state index contributed by atoms with van der Waals surface area (Å²) in [4.78, 5) is 4.44. The van der Waals surface area contributed by atoms with E-state index in [9.17, 15) is 4.39 Å². The van der Waals surface area contributed by atoms with E-state index in [1.165, 1.54) is 12.1 Å². The van der Waals surface area contributed by atoms with Gasteiger partial charge in [-0.3, -0.25) is 0 Å². The van der Waals surface area contributed by atoms with E-state index in [1.54, 1.807) is 6.07 Å². The van der Waals surface area contributed by atoms with Crippen LogP contribution in [0.1, 0.15) is 48.9 Å². The van der Waals surface area contributed by atoms with Crippen molar-refractivity contribution in [2.24, 2.45) is 5.73 Å². The molecule has 1 fully saturated rings. The molecular formula is C15H17ClFN3O. The van der Waals surface area contributed by atoms with Crippen molar-refractivity contribution >= 4 is 11.6 Å². The van der Waals surface area contributed by atoms with Crippen molar-refractivity contribution < 1.29 is 8.91 Å². The summed E-state index contributed by atoms with van der Waals surface area (Å²) >= 11 is 6.01. The van der Waals surface area contributed by atoms with Crippen molar-refractivity contribution in [3.63, 3.8) is 0 Å². The minimum atomic E-state index is -0.353. The number of hydrogen-bond acceptors (Lipinski definition) is 4. The molecular weight excluding hydrogens is 293 g/mol. The largest absolute Gasteiger partial charge is 0.339 e. The number of halogens is 2. The molecule has 0 spiro atoms. The highest BCUT2D eigenvalue weighted by atomic mass is 35.5. The van der Waals surface area contributed by atoms with E-state index in [0.29, 0.717) is 23.2 Å². The molecule has 1 heterocycles. The summed E-state index contributed by atoms with van der Waals surface area (Å²) in [6, 6.07) is 4.52. The SMILES string of the molecule is NC1CCCC(c2nc(Cc3ccc(F)cc3Cl)no2)C1. The molecule has 0 radical (unpaired) electrons. The topological polar surface area (TPSA) is 64.9 Å². The third-order valence-electron chi connectivity index (χ3n) is 3.91. The first-order valence-corrected chi connectivity index (χ1v) is 7.51. The predicted octanol–water partition coefficient (Wildman–Crippen LogP) is 3.44. The fourth-order valence-electron chi connectivity index (χ4n) is 2.79. The Hall–Kier alpha value is -1.46. The Labute approximate surface area is 127 Å². The first-order valence-electron chi connectivity index (χ1n) is 7.14. The monoisotopic (exact) mass is 309 g/mol. The number of nitrogens with zero attached hydrogens (tertiary/aromatic N) is 2. The van der Waals surface area contributed by atoms with Crippen molar-refractivity contribution in [2.75, 3.05) is 0 Å². The molecule has 0 bridgehead atoms. The molecule has 1 aliphatic carbocycles. The van der Waals surface area contributed by atoms with Crippen molar-refractivity contribution in [2.45, 2.75) is 44.1 Å². The quantitative estimate of drug-likeness (QED) is 0.943. The van der Waals surface area contributed by atoms with Crippen LogP contribution in [0.4, 0.5) is 4.39 Å². The van der Waals surface area contributed by atoms with Crippen molar-refractivity contribution in [3.8, 4) is 0 Å². The Morgan fingerprint density at radius 1 is 1.38 bits per heavy atom. The molecule has 1 aromatic carbocycles. The van der Waals surface area contributed by atoms with Gasteiger partial charge in [-0.2, -0.15) is 4.98 Å². The van der Waals surface area contributed by atoms with Gasteiger partial charge in [0.25, 0.3) is 0 Å². The van der Waals surface area contributed by atoms with E-state index >= 15 is 0 Å². The zero-order chi connectivity index (χ0) is 14.8. The third-order valence-corrected chi connectivity index (χ3v) is 4.26. The maximum absolute atomic E-state index is 13.0. The molecule has 21 heavy (non-hydrogen) atoms. The van der Waals surface area contributed by atoms with Gasteiger partial charge in [-0.15, -0.1) is 0 Å². The highest BCUT2D eigenvalue weighted by Crippen LogP contribution is 2.31. The highest BCUT2D eigenvalue weighted by molar-refractivity contribution is 6.31. The fraction of sp³-hybridized carbons (Fsp3) is 0.467. The van der Waals surface area contributed by atoms with Crippen LogP contribution >= 0.6 is 11.6 Å². The Balaban J connectivity index is 1.72. The van der Waals surface area contributed by atoms with Gasteiger partial charge in [-0.25, -0.2) is 4.39 Å². The maximum atomic E-state index is 13.0. The second kappa shape index (κ2) is 6.12. The normalized spacial score (nSPS) is 22.4. The Kier molecular flexibility index (Phi) is 4.22. The molecule has 0 aliphatic heterocycles. The molecule has 112 valence electrons. The van der Waals surface area contributed by atoms with Crippen LogP contribution in [0.5, 0.6) is 0 Å². The summed E-state index contributed by atoms with van der Waals surface area (Å²) in [5.41, 5.74) is 6.77. The first-order chi connectivity index (χ1) is 10.1. The highest BCUT2D eigenvalue weighted by Gasteiger charge is 2.25. The van der Waals surface area contributed by atoms with Gasteiger partial charge in [0.1, 0.15) is 5.82 Å². The Bertz CT molecular complexity index is 631. The van der Waals surface area contributed by atoms with E-state index in [0.717, 1.165) is 31.2 Å². The van der Waals surface area contributed by atoms with Crippen LogP contribution in [0.25, 0.3) is 0 Å². The molecule has 2 N–H and O–H groups in total. The van der Waals surface area contributed by atoms with Crippen molar-refractivity contribution in [1.29, 1.82) is 0 Å². The lowest BCUT2D eigenvalue weighted by Gasteiger charge is -2.23. The summed E-state index contributed by atoms with van der Waals surface area (Å²) in [5, 5.41) is 4.37. The second-order valence-corrected chi connectivity index (χ2v) is 5.99. The van der Waals surface area contributed by atoms with Gasteiger partial charge in [0, 0.05) is 23.4 Å². The van der Waals surface area contributed by atoms with E-state index in [-0.39, 0.29) is 17.8 Å². The van der Waals surface area contributed by atoms with Crippen LogP contribution in [0.2, 0.25) is 5.02 Å². The van der Waals surface area contributed by atoms with E-state index in [2.05, 4.69) is 10.1 Å². The van der Waals surface area contributed by atoms with Gasteiger partial charge < -0.3 is 10.3 Å². The minimum absolute atomic E-state index is 0.214. The number of aromatic nitrogens is 2. The van der Waals surface area contributed by atoms with Gasteiger partial charge in [0.15, 0.2) is 5.82 Å². The number of nitrogens with two attached hydrogens (primary N) is 1. The molecule has 1 saturated carbocycles. The third kappa shape index (κ3) is 3.41. The summed E-state index contributed by atoms with van der Waals surface area (Å²) in [5.74, 6) is 1.11. The molecule has 0 saturated heterocycles. The standard InChI is InChI=1S/C15H17ClFN3O/c16-13-8-11(17)5-4-9(13)7-14-19-15(21-20-14)10-2-1-3-12(18)6-10/h4-5,8,10,12H,1-3,6-7,18H2. The van der Waals surface area contributed by atoms with Crippen molar-refractivity contribution in [3.05, 3.63) is 46.3 Å². The fourth-order valence-corrected chi connectivity index (χ4v) is 3.03. The van der Waals surface area contributed by atoms with Gasteiger partial charge in [0.2, 0.25) is 5.89 Å². The summed E-state index contributed by atoms with van der Waals surface area (Å²) in [7, 11) is 0. The average Bonchev–Trinajstić information content (AvgIpc) is 2.91. The van der Waals surface area contributed by atoms with Crippen LogP contribution in [0.3, 0.4) is 0 Å². The molecule has 3 rings (SSSR count). The zero-order valence-electron chi connectivity index (χ0n) is 11.6. The second-order valence-electron chi connectivity index (χ2n) is 5.58. The van der Waals surface area contributed by atoms with Crippen LogP contribution in [-0.2, 0) is 6.42 Å². The lowest BCUT2D eigenvalue weighted by Crippen LogP contribution is -2.26. The number of rotatable bonds is 3. The van der Waals surface area contributed by atoms with Crippen molar-refractivity contribution in [1.82, 2.24) is 10.1 Å². The first kappa shape index (κ1) is 14.5. The van der Waals surface area contributed by atoms with Gasteiger partial charge >= 0.3 is 0 Å². The number of benzene rings is 1. The summed E-state index contributed by atoms with van der Waals surface area (Å²) in [6.45, 7) is 0. The molecule has 0 amide bonds. The molecule has 2 atom stereocenters. The molecule has 2 unspecified atom stereocenters. The van der Waals surface area contributed by atoms with E-state index < -0.39 is 0 Å². The predicted molar refractivity (Wildman–Crippen MR) is 77.7 cm³/mol. The Morgan fingerprint density at radius 3 is 3.00 bits per heavy atom. The zero-order valence-corrected chi connectivity index (χ0v) is 12.3. The van der Waals surface area contributed by atoms with Crippen LogP contribution in [-0.4, -0.2) is 16.2 Å². The van der Waals surface area contributed by atoms with E-state index in [4.69, 9.17) is 21.9 Å². The van der Waals surface area contributed by atoms with Gasteiger partial charge in [0.05, 0.1) is 0 Å². The van der Waals surface area contributed by atoms with Gasteiger partial charge in [-0.1, -0.05) is 29.2 Å². The average molecular weight is 310 g/mol. The molecule has 2 aromatic rings. The van der Waals surface area contributed by atoms with Gasteiger partial charge in [-0.05, 0) is 37.0 Å². The maximum Gasteiger partial charge on any atom is 0.229 e. The van der Waals surface area contributed by atoms with Crippen LogP contribution in [0, 0.1) is 5.82 Å². The summed E-state index contributed by atoms with van der Waals surface area (Å²) < 4.78 is 18.4. The molecule has 1 aromatic heterocycles. The minimum Gasteiger partial charge on any atom is -0.339 e. The molecule has 1 aliphatic rings. The van der Waals surface area contributed by atoms with Crippen LogP contribution < -0.4 is 5.73 Å². The molecule has 6 heteroatoms. The lowest BCUT2D eigenvalue weighted by atomic mass is 9.86. The van der Waals surface area contributed by atoms with E-state index in [1.807, 2.05) is 0 Å².